The van der Waals surface area contributed by atoms with Crippen LogP contribution in [0, 0.1) is 6.92 Å². The smallest absolute Gasteiger partial charge is 0.274 e. The Bertz CT molecular complexity index is 596. The molecule has 2 N–H and O–H groups in total. The highest BCUT2D eigenvalue weighted by Crippen LogP contribution is 2.10. The zero-order chi connectivity index (χ0) is 14.5. The highest BCUT2D eigenvalue weighted by atomic mass is 16.1. The monoisotopic (exact) mass is 270 g/mol. The summed E-state index contributed by atoms with van der Waals surface area (Å²) >= 11 is 0. The molecule has 2 aromatic rings. The topological polar surface area (TPSA) is 66.9 Å². The van der Waals surface area contributed by atoms with Crippen molar-refractivity contribution >= 4 is 17.5 Å². The molecule has 0 saturated heterocycles. The predicted octanol–water partition coefficient (Wildman–Crippen LogP) is 2.86. The molecule has 0 fully saturated rings. The molecular weight excluding hydrogens is 252 g/mol. The third-order valence-corrected chi connectivity index (χ3v) is 2.54. The lowest BCUT2D eigenvalue weighted by Crippen LogP contribution is -2.18. The number of carbonyl (C=O) groups is 1. The molecule has 0 saturated carbocycles. The number of rotatable bonds is 4. The number of amides is 1. The molecule has 1 heterocycles. The molecule has 5 heteroatoms. The van der Waals surface area contributed by atoms with Crippen molar-refractivity contribution in [3.05, 3.63) is 47.8 Å². The van der Waals surface area contributed by atoms with Crippen molar-refractivity contribution in [1.82, 2.24) is 9.97 Å². The van der Waals surface area contributed by atoms with E-state index < -0.39 is 0 Å². The van der Waals surface area contributed by atoms with Crippen molar-refractivity contribution in [1.29, 1.82) is 0 Å². The summed E-state index contributed by atoms with van der Waals surface area (Å²) in [5.74, 6) is 0.228. The van der Waals surface area contributed by atoms with Gasteiger partial charge in [0.25, 0.3) is 5.91 Å². The fourth-order valence-corrected chi connectivity index (χ4v) is 1.72. The number of hydrogen-bond donors (Lipinski definition) is 2. The number of nitrogens with zero attached hydrogens (tertiary/aromatic N) is 2. The molecule has 0 radical (unpaired) electrons. The van der Waals surface area contributed by atoms with Crippen LogP contribution in [0.5, 0.6) is 0 Å². The molecule has 0 aliphatic heterocycles. The van der Waals surface area contributed by atoms with Gasteiger partial charge in [0.05, 0.1) is 0 Å². The Kier molecular flexibility index (Phi) is 4.30. The summed E-state index contributed by atoms with van der Waals surface area (Å²) < 4.78 is 0. The summed E-state index contributed by atoms with van der Waals surface area (Å²) in [6, 6.07) is 11.2. The molecule has 0 atom stereocenters. The maximum atomic E-state index is 12.2. The van der Waals surface area contributed by atoms with Crippen LogP contribution in [0.15, 0.2) is 36.4 Å². The third kappa shape index (κ3) is 3.78. The Morgan fingerprint density at radius 1 is 1.15 bits per heavy atom. The van der Waals surface area contributed by atoms with E-state index in [1.165, 1.54) is 0 Å². The van der Waals surface area contributed by atoms with E-state index in [-0.39, 0.29) is 11.9 Å². The summed E-state index contributed by atoms with van der Waals surface area (Å²) in [6.07, 6.45) is 0. The fraction of sp³-hybridized carbons (Fsp3) is 0.267. The molecule has 104 valence electrons. The van der Waals surface area contributed by atoms with Gasteiger partial charge in [0.1, 0.15) is 5.69 Å². The van der Waals surface area contributed by atoms with Crippen molar-refractivity contribution in [2.24, 2.45) is 0 Å². The number of carbonyl (C=O) groups excluding carboxylic acids is 1. The van der Waals surface area contributed by atoms with Crippen molar-refractivity contribution in [3.63, 3.8) is 0 Å². The van der Waals surface area contributed by atoms with Gasteiger partial charge in [0.15, 0.2) is 0 Å². The van der Waals surface area contributed by atoms with Crippen LogP contribution in [-0.2, 0) is 0 Å². The SMILES string of the molecule is Cc1cc(C(=O)Nc2ccccc2)nc(NC(C)C)n1. The number of benzene rings is 1. The molecule has 0 aliphatic rings. The second-order valence-corrected chi connectivity index (χ2v) is 4.84. The zero-order valence-electron chi connectivity index (χ0n) is 11.8. The van der Waals surface area contributed by atoms with Gasteiger partial charge in [-0.3, -0.25) is 4.79 Å². The van der Waals surface area contributed by atoms with Crippen LogP contribution in [0.1, 0.15) is 30.0 Å². The molecule has 0 bridgehead atoms. The van der Waals surface area contributed by atoms with Gasteiger partial charge in [-0.2, -0.15) is 0 Å². The zero-order valence-corrected chi connectivity index (χ0v) is 11.8. The number of para-hydroxylation sites is 1. The Balaban J connectivity index is 2.19. The van der Waals surface area contributed by atoms with Crippen molar-refractivity contribution < 1.29 is 4.79 Å². The van der Waals surface area contributed by atoms with E-state index in [1.807, 2.05) is 51.1 Å². The average molecular weight is 270 g/mol. The van der Waals surface area contributed by atoms with Gasteiger partial charge in [-0.05, 0) is 39.0 Å². The second kappa shape index (κ2) is 6.14. The van der Waals surface area contributed by atoms with Gasteiger partial charge in [-0.25, -0.2) is 9.97 Å². The van der Waals surface area contributed by atoms with Crippen molar-refractivity contribution in [2.45, 2.75) is 26.8 Å². The lowest BCUT2D eigenvalue weighted by atomic mass is 10.3. The number of nitrogens with one attached hydrogen (secondary N) is 2. The predicted molar refractivity (Wildman–Crippen MR) is 79.9 cm³/mol. The summed E-state index contributed by atoms with van der Waals surface area (Å²) in [6.45, 7) is 5.83. The van der Waals surface area contributed by atoms with Crippen LogP contribution in [0.4, 0.5) is 11.6 Å². The summed E-state index contributed by atoms with van der Waals surface area (Å²) in [5, 5.41) is 5.91. The maximum Gasteiger partial charge on any atom is 0.274 e. The number of aryl methyl sites for hydroxylation is 1. The fourth-order valence-electron chi connectivity index (χ4n) is 1.72. The van der Waals surface area contributed by atoms with Crippen LogP contribution in [-0.4, -0.2) is 21.9 Å². The van der Waals surface area contributed by atoms with E-state index >= 15 is 0 Å². The minimum Gasteiger partial charge on any atom is -0.352 e. The molecule has 0 spiro atoms. The number of aromatic nitrogens is 2. The van der Waals surface area contributed by atoms with Crippen LogP contribution < -0.4 is 10.6 Å². The van der Waals surface area contributed by atoms with E-state index in [0.717, 1.165) is 11.4 Å². The van der Waals surface area contributed by atoms with Gasteiger partial charge in [-0.1, -0.05) is 18.2 Å². The van der Waals surface area contributed by atoms with E-state index in [9.17, 15) is 4.79 Å². The van der Waals surface area contributed by atoms with Crippen LogP contribution in [0.25, 0.3) is 0 Å². The first-order valence-corrected chi connectivity index (χ1v) is 6.53. The Morgan fingerprint density at radius 3 is 2.50 bits per heavy atom. The second-order valence-electron chi connectivity index (χ2n) is 4.84. The molecular formula is C15H18N4O. The molecule has 2 rings (SSSR count). The Morgan fingerprint density at radius 2 is 1.85 bits per heavy atom. The molecule has 0 aliphatic carbocycles. The van der Waals surface area contributed by atoms with Gasteiger partial charge in [-0.15, -0.1) is 0 Å². The summed E-state index contributed by atoms with van der Waals surface area (Å²) in [4.78, 5) is 20.7. The summed E-state index contributed by atoms with van der Waals surface area (Å²) in [5.41, 5.74) is 1.85. The van der Waals surface area contributed by atoms with E-state index in [1.54, 1.807) is 6.07 Å². The minimum absolute atomic E-state index is 0.210. The highest BCUT2D eigenvalue weighted by molar-refractivity contribution is 6.03. The first-order valence-electron chi connectivity index (χ1n) is 6.53. The van der Waals surface area contributed by atoms with Crippen LogP contribution in [0.3, 0.4) is 0 Å². The van der Waals surface area contributed by atoms with E-state index in [4.69, 9.17) is 0 Å². The van der Waals surface area contributed by atoms with Crippen LogP contribution >= 0.6 is 0 Å². The normalized spacial score (nSPS) is 10.4. The molecule has 5 nitrogen and oxygen atoms in total. The van der Waals surface area contributed by atoms with Gasteiger partial charge < -0.3 is 10.6 Å². The molecule has 0 unspecified atom stereocenters. The average Bonchev–Trinajstić information content (AvgIpc) is 2.38. The lowest BCUT2D eigenvalue weighted by molar-refractivity contribution is 0.102. The van der Waals surface area contributed by atoms with E-state index in [0.29, 0.717) is 11.6 Å². The lowest BCUT2D eigenvalue weighted by Gasteiger charge is -2.10. The first kappa shape index (κ1) is 14.0. The molecule has 20 heavy (non-hydrogen) atoms. The van der Waals surface area contributed by atoms with Crippen molar-refractivity contribution in [2.75, 3.05) is 10.6 Å². The van der Waals surface area contributed by atoms with E-state index in [2.05, 4.69) is 20.6 Å². The minimum atomic E-state index is -0.242. The number of anilines is 2. The standard InChI is InChI=1S/C15H18N4O/c1-10(2)16-15-17-11(3)9-13(19-15)14(20)18-12-7-5-4-6-8-12/h4-10H,1-3H3,(H,18,20)(H,16,17,19). The van der Waals surface area contributed by atoms with Crippen LogP contribution in [0.2, 0.25) is 0 Å². The van der Waals surface area contributed by atoms with Crippen molar-refractivity contribution in [3.8, 4) is 0 Å². The summed E-state index contributed by atoms with van der Waals surface area (Å²) in [7, 11) is 0. The molecule has 1 aromatic carbocycles. The molecule has 1 aromatic heterocycles. The maximum absolute atomic E-state index is 12.2. The van der Waals surface area contributed by atoms with Gasteiger partial charge in [0, 0.05) is 17.4 Å². The number of hydrogen-bond acceptors (Lipinski definition) is 4. The Hall–Kier alpha value is -2.43. The quantitative estimate of drug-likeness (QED) is 0.896. The van der Waals surface area contributed by atoms with Gasteiger partial charge >= 0.3 is 0 Å². The molecule has 1 amide bonds. The third-order valence-electron chi connectivity index (χ3n) is 2.54. The Labute approximate surface area is 118 Å². The van der Waals surface area contributed by atoms with Gasteiger partial charge in [0.2, 0.25) is 5.95 Å². The highest BCUT2D eigenvalue weighted by Gasteiger charge is 2.11. The first-order chi connectivity index (χ1) is 9.54. The largest absolute Gasteiger partial charge is 0.352 e.